The van der Waals surface area contributed by atoms with Crippen LogP contribution in [0, 0.1) is 11.3 Å². The van der Waals surface area contributed by atoms with Gasteiger partial charge in [0.2, 0.25) is 5.91 Å². The molecule has 1 heterocycles. The number of benzene rings is 1. The summed E-state index contributed by atoms with van der Waals surface area (Å²) in [5, 5.41) is 14.9. The molecule has 0 bridgehead atoms. The van der Waals surface area contributed by atoms with E-state index >= 15 is 0 Å². The second-order valence-electron chi connectivity index (χ2n) is 6.41. The van der Waals surface area contributed by atoms with Crippen molar-refractivity contribution >= 4 is 22.9 Å². The lowest BCUT2D eigenvalue weighted by molar-refractivity contribution is -0.116. The summed E-state index contributed by atoms with van der Waals surface area (Å²) < 4.78 is 0. The SMILES string of the molecule is CC(C)c1nc(CN(C)CCCC(=O)Nc2ccc(C#N)cc2)cs1. The molecule has 6 heteroatoms. The van der Waals surface area contributed by atoms with Gasteiger partial charge in [-0.05, 0) is 44.3 Å². The third-order valence-corrected chi connectivity index (χ3v) is 4.93. The van der Waals surface area contributed by atoms with E-state index in [1.54, 1.807) is 35.6 Å². The van der Waals surface area contributed by atoms with Gasteiger partial charge in [0.15, 0.2) is 0 Å². The molecule has 1 amide bonds. The minimum Gasteiger partial charge on any atom is -0.326 e. The molecular formula is C19H24N4OS. The summed E-state index contributed by atoms with van der Waals surface area (Å²) in [7, 11) is 2.05. The lowest BCUT2D eigenvalue weighted by atomic mass is 10.2. The van der Waals surface area contributed by atoms with Crippen molar-refractivity contribution in [1.29, 1.82) is 5.26 Å². The first kappa shape index (κ1) is 19.1. The summed E-state index contributed by atoms with van der Waals surface area (Å²) in [5.74, 6) is 0.462. The van der Waals surface area contributed by atoms with Crippen molar-refractivity contribution in [3.05, 3.63) is 45.9 Å². The van der Waals surface area contributed by atoms with Crippen LogP contribution in [0.2, 0.25) is 0 Å². The Balaban J connectivity index is 1.69. The molecule has 0 saturated carbocycles. The number of nitriles is 1. The third kappa shape index (κ3) is 6.29. The van der Waals surface area contributed by atoms with Crippen LogP contribution < -0.4 is 5.32 Å². The van der Waals surface area contributed by atoms with Crippen molar-refractivity contribution in [1.82, 2.24) is 9.88 Å². The van der Waals surface area contributed by atoms with Crippen LogP contribution >= 0.6 is 11.3 Å². The van der Waals surface area contributed by atoms with Crippen LogP contribution in [0.3, 0.4) is 0 Å². The van der Waals surface area contributed by atoms with E-state index < -0.39 is 0 Å². The second kappa shape index (κ2) is 9.30. The average molecular weight is 356 g/mol. The average Bonchev–Trinajstić information content (AvgIpc) is 3.04. The van der Waals surface area contributed by atoms with Gasteiger partial charge in [-0.1, -0.05) is 13.8 Å². The largest absolute Gasteiger partial charge is 0.326 e. The minimum atomic E-state index is -0.00569. The summed E-state index contributed by atoms with van der Waals surface area (Å²) in [6.07, 6.45) is 1.26. The number of nitrogens with one attached hydrogen (secondary N) is 1. The monoisotopic (exact) mass is 356 g/mol. The normalized spacial score (nSPS) is 10.9. The molecule has 132 valence electrons. The van der Waals surface area contributed by atoms with Crippen molar-refractivity contribution in [2.45, 2.75) is 39.2 Å². The first-order chi connectivity index (χ1) is 12.0. The van der Waals surface area contributed by atoms with Gasteiger partial charge in [0.05, 0.1) is 22.3 Å². The number of anilines is 1. The number of hydrogen-bond donors (Lipinski definition) is 1. The molecule has 1 N–H and O–H groups in total. The molecule has 0 saturated heterocycles. The molecule has 0 aliphatic carbocycles. The number of rotatable bonds is 8. The number of nitrogens with zero attached hydrogens (tertiary/aromatic N) is 3. The maximum atomic E-state index is 12.0. The summed E-state index contributed by atoms with van der Waals surface area (Å²) in [4.78, 5) is 18.8. The Hall–Kier alpha value is -2.23. The molecule has 0 unspecified atom stereocenters. The Bertz CT molecular complexity index is 731. The Morgan fingerprint density at radius 3 is 2.68 bits per heavy atom. The van der Waals surface area contributed by atoms with Gasteiger partial charge in [0.1, 0.15) is 0 Å². The number of aromatic nitrogens is 1. The fraction of sp³-hybridized carbons (Fsp3) is 0.421. The standard InChI is InChI=1S/C19H24N4OS/c1-14(2)19-22-17(13-25-19)12-23(3)10-4-5-18(24)21-16-8-6-15(11-20)7-9-16/h6-9,13-14H,4-5,10,12H2,1-3H3,(H,21,24). The van der Waals surface area contributed by atoms with Crippen molar-refractivity contribution < 1.29 is 4.79 Å². The highest BCUT2D eigenvalue weighted by Gasteiger charge is 2.09. The number of carbonyl (C=O) groups is 1. The van der Waals surface area contributed by atoms with Crippen LogP contribution in [0.4, 0.5) is 5.69 Å². The highest BCUT2D eigenvalue weighted by molar-refractivity contribution is 7.09. The minimum absolute atomic E-state index is 0.00569. The fourth-order valence-electron chi connectivity index (χ4n) is 2.38. The Labute approximate surface area is 153 Å². The number of amides is 1. The van der Waals surface area contributed by atoms with E-state index in [4.69, 9.17) is 5.26 Å². The molecule has 25 heavy (non-hydrogen) atoms. The Morgan fingerprint density at radius 1 is 1.36 bits per heavy atom. The van der Waals surface area contributed by atoms with Gasteiger partial charge in [-0.2, -0.15) is 5.26 Å². The van der Waals surface area contributed by atoms with Crippen LogP contribution in [-0.4, -0.2) is 29.4 Å². The smallest absolute Gasteiger partial charge is 0.224 e. The van der Waals surface area contributed by atoms with E-state index in [1.165, 1.54) is 5.01 Å². The molecule has 0 radical (unpaired) electrons. The summed E-state index contributed by atoms with van der Waals surface area (Å²) in [6.45, 7) is 5.95. The van der Waals surface area contributed by atoms with Gasteiger partial charge in [-0.15, -0.1) is 11.3 Å². The van der Waals surface area contributed by atoms with E-state index in [1.807, 2.05) is 7.05 Å². The molecule has 2 aromatic rings. The van der Waals surface area contributed by atoms with E-state index in [-0.39, 0.29) is 5.91 Å². The molecule has 0 aliphatic rings. The summed E-state index contributed by atoms with van der Waals surface area (Å²) in [6, 6.07) is 8.95. The maximum absolute atomic E-state index is 12.0. The molecule has 5 nitrogen and oxygen atoms in total. The predicted molar refractivity (Wildman–Crippen MR) is 102 cm³/mol. The summed E-state index contributed by atoms with van der Waals surface area (Å²) in [5.41, 5.74) is 2.40. The van der Waals surface area contributed by atoms with Crippen LogP contribution in [0.25, 0.3) is 0 Å². The summed E-state index contributed by atoms with van der Waals surface area (Å²) >= 11 is 1.71. The van der Waals surface area contributed by atoms with Gasteiger partial charge in [0, 0.05) is 30.0 Å². The van der Waals surface area contributed by atoms with E-state index in [0.717, 1.165) is 30.9 Å². The van der Waals surface area contributed by atoms with Crippen LogP contribution in [-0.2, 0) is 11.3 Å². The maximum Gasteiger partial charge on any atom is 0.224 e. The van der Waals surface area contributed by atoms with Gasteiger partial charge >= 0.3 is 0 Å². The number of thiazole rings is 1. The third-order valence-electron chi connectivity index (χ3n) is 3.74. The molecule has 0 atom stereocenters. The van der Waals surface area contributed by atoms with Crippen LogP contribution in [0.5, 0.6) is 0 Å². The molecular weight excluding hydrogens is 332 g/mol. The lowest BCUT2D eigenvalue weighted by Crippen LogP contribution is -2.21. The molecule has 1 aromatic carbocycles. The lowest BCUT2D eigenvalue weighted by Gasteiger charge is -2.15. The van der Waals surface area contributed by atoms with Crippen LogP contribution in [0.1, 0.15) is 48.9 Å². The highest BCUT2D eigenvalue weighted by atomic mass is 32.1. The second-order valence-corrected chi connectivity index (χ2v) is 7.30. The highest BCUT2D eigenvalue weighted by Crippen LogP contribution is 2.19. The van der Waals surface area contributed by atoms with Gasteiger partial charge < -0.3 is 10.2 Å². The van der Waals surface area contributed by atoms with Gasteiger partial charge in [-0.3, -0.25) is 4.79 Å². The van der Waals surface area contributed by atoms with Crippen molar-refractivity contribution in [3.63, 3.8) is 0 Å². The van der Waals surface area contributed by atoms with E-state index in [0.29, 0.717) is 17.9 Å². The molecule has 0 aliphatic heterocycles. The predicted octanol–water partition coefficient (Wildman–Crippen LogP) is 3.99. The first-order valence-electron chi connectivity index (χ1n) is 8.40. The Kier molecular flexibility index (Phi) is 7.11. The molecule has 0 fully saturated rings. The first-order valence-corrected chi connectivity index (χ1v) is 9.28. The zero-order chi connectivity index (χ0) is 18.2. The topological polar surface area (TPSA) is 69.0 Å². The zero-order valence-electron chi connectivity index (χ0n) is 15.0. The van der Waals surface area contributed by atoms with E-state index in [9.17, 15) is 4.79 Å². The molecule has 2 rings (SSSR count). The quantitative estimate of drug-likeness (QED) is 0.776. The van der Waals surface area contributed by atoms with E-state index in [2.05, 4.69) is 40.5 Å². The van der Waals surface area contributed by atoms with Crippen molar-refractivity contribution in [2.24, 2.45) is 0 Å². The number of hydrogen-bond acceptors (Lipinski definition) is 5. The number of carbonyl (C=O) groups excluding carboxylic acids is 1. The van der Waals surface area contributed by atoms with Crippen LogP contribution in [0.15, 0.2) is 29.6 Å². The molecule has 1 aromatic heterocycles. The van der Waals surface area contributed by atoms with Gasteiger partial charge in [0.25, 0.3) is 0 Å². The van der Waals surface area contributed by atoms with Crippen molar-refractivity contribution in [2.75, 3.05) is 18.9 Å². The van der Waals surface area contributed by atoms with Gasteiger partial charge in [-0.25, -0.2) is 4.98 Å². The molecule has 0 spiro atoms. The Morgan fingerprint density at radius 2 is 2.08 bits per heavy atom. The fourth-order valence-corrected chi connectivity index (χ4v) is 3.20. The van der Waals surface area contributed by atoms with Crippen molar-refractivity contribution in [3.8, 4) is 6.07 Å². The zero-order valence-corrected chi connectivity index (χ0v) is 15.8.